The molecule has 1 aromatic heterocycles. The van der Waals surface area contributed by atoms with Gasteiger partial charge < -0.3 is 9.80 Å². The summed E-state index contributed by atoms with van der Waals surface area (Å²) in [5, 5.41) is 2.16. The molecule has 172 valence electrons. The SMILES string of the molecule is CC1CN(C(=O)CN2CCc3sccc3C2c2ccccc2)CCN1C(=O)C(C)(C)CCl. The van der Waals surface area contributed by atoms with Crippen molar-refractivity contribution in [2.75, 3.05) is 38.6 Å². The van der Waals surface area contributed by atoms with Crippen LogP contribution in [-0.4, -0.2) is 71.2 Å². The van der Waals surface area contributed by atoms with E-state index < -0.39 is 5.41 Å². The van der Waals surface area contributed by atoms with Gasteiger partial charge in [-0.2, -0.15) is 0 Å². The Labute approximate surface area is 199 Å². The average Bonchev–Trinajstić information content (AvgIpc) is 3.27. The highest BCUT2D eigenvalue weighted by molar-refractivity contribution is 7.10. The first-order valence-corrected chi connectivity index (χ1v) is 12.7. The molecule has 0 aliphatic carbocycles. The Hall–Kier alpha value is -1.89. The minimum absolute atomic E-state index is 0.0163. The number of amides is 2. The molecule has 0 bridgehead atoms. The lowest BCUT2D eigenvalue weighted by Gasteiger charge is -2.43. The first kappa shape index (κ1) is 23.3. The van der Waals surface area contributed by atoms with Gasteiger partial charge in [0, 0.05) is 43.0 Å². The molecule has 2 aliphatic rings. The molecule has 5 nitrogen and oxygen atoms in total. The second kappa shape index (κ2) is 9.54. The number of rotatable bonds is 5. The Kier molecular flexibility index (Phi) is 6.94. The maximum Gasteiger partial charge on any atom is 0.236 e. The fourth-order valence-electron chi connectivity index (χ4n) is 4.77. The first-order valence-electron chi connectivity index (χ1n) is 11.3. The number of hydrogen-bond acceptors (Lipinski definition) is 4. The van der Waals surface area contributed by atoms with Crippen LogP contribution in [0.15, 0.2) is 41.8 Å². The number of piperazine rings is 1. The molecule has 2 unspecified atom stereocenters. The molecule has 2 aliphatic heterocycles. The summed E-state index contributed by atoms with van der Waals surface area (Å²) in [5.74, 6) is 0.496. The zero-order valence-electron chi connectivity index (χ0n) is 19.1. The highest BCUT2D eigenvalue weighted by Gasteiger charge is 2.38. The van der Waals surface area contributed by atoms with Gasteiger partial charge in [0.25, 0.3) is 0 Å². The Morgan fingerprint density at radius 2 is 1.88 bits per heavy atom. The molecule has 4 rings (SSSR count). The van der Waals surface area contributed by atoms with E-state index in [2.05, 4.69) is 40.6 Å². The van der Waals surface area contributed by atoms with Crippen molar-refractivity contribution in [1.82, 2.24) is 14.7 Å². The average molecular weight is 474 g/mol. The second-order valence-corrected chi connectivity index (χ2v) is 10.8. The first-order chi connectivity index (χ1) is 15.3. The topological polar surface area (TPSA) is 43.9 Å². The van der Waals surface area contributed by atoms with Crippen LogP contribution in [0.25, 0.3) is 0 Å². The molecule has 2 amide bonds. The lowest BCUT2D eigenvalue weighted by molar-refractivity contribution is -0.148. The molecule has 2 aromatic rings. The monoisotopic (exact) mass is 473 g/mol. The third-order valence-electron chi connectivity index (χ3n) is 6.67. The number of halogens is 1. The molecule has 1 saturated heterocycles. The summed E-state index contributed by atoms with van der Waals surface area (Å²) >= 11 is 7.83. The van der Waals surface area contributed by atoms with Gasteiger partial charge >= 0.3 is 0 Å². The summed E-state index contributed by atoms with van der Waals surface area (Å²) in [7, 11) is 0. The van der Waals surface area contributed by atoms with E-state index in [1.54, 1.807) is 0 Å². The third-order valence-corrected chi connectivity index (χ3v) is 8.34. The summed E-state index contributed by atoms with van der Waals surface area (Å²) in [6, 6.07) is 12.8. The third kappa shape index (κ3) is 4.59. The Morgan fingerprint density at radius 1 is 1.12 bits per heavy atom. The van der Waals surface area contributed by atoms with Crippen LogP contribution in [0.4, 0.5) is 0 Å². The van der Waals surface area contributed by atoms with Crippen LogP contribution < -0.4 is 0 Å². The fourth-order valence-corrected chi connectivity index (χ4v) is 5.79. The highest BCUT2D eigenvalue weighted by Crippen LogP contribution is 2.37. The number of carbonyl (C=O) groups is 2. The van der Waals surface area contributed by atoms with Crippen LogP contribution in [0.1, 0.15) is 42.8 Å². The number of hydrogen-bond donors (Lipinski definition) is 0. The van der Waals surface area contributed by atoms with Gasteiger partial charge in [0.05, 0.1) is 18.0 Å². The van der Waals surface area contributed by atoms with E-state index in [9.17, 15) is 9.59 Å². The van der Waals surface area contributed by atoms with Crippen molar-refractivity contribution >= 4 is 34.8 Å². The highest BCUT2D eigenvalue weighted by atomic mass is 35.5. The van der Waals surface area contributed by atoms with Gasteiger partial charge in [0.15, 0.2) is 0 Å². The number of benzene rings is 1. The van der Waals surface area contributed by atoms with Gasteiger partial charge in [0.1, 0.15) is 0 Å². The Bertz CT molecular complexity index is 961. The number of nitrogens with zero attached hydrogens (tertiary/aromatic N) is 3. The van der Waals surface area contributed by atoms with E-state index >= 15 is 0 Å². The van der Waals surface area contributed by atoms with Crippen molar-refractivity contribution < 1.29 is 9.59 Å². The molecule has 1 aromatic carbocycles. The van der Waals surface area contributed by atoms with Crippen LogP contribution in [0, 0.1) is 5.41 Å². The number of alkyl halides is 1. The molecule has 0 N–H and O–H groups in total. The standard InChI is InChI=1S/C25H32ClN3O2S/c1-18-15-27(12-13-29(18)24(31)25(2,3)17-26)22(30)16-28-11-9-21-20(10-14-32-21)23(28)19-7-5-4-6-8-19/h4-8,10,14,18,23H,9,11-13,15-17H2,1-3H3. The van der Waals surface area contributed by atoms with Crippen molar-refractivity contribution in [3.8, 4) is 0 Å². The van der Waals surface area contributed by atoms with Gasteiger partial charge in [-0.3, -0.25) is 14.5 Å². The van der Waals surface area contributed by atoms with Crippen molar-refractivity contribution in [1.29, 1.82) is 0 Å². The lowest BCUT2D eigenvalue weighted by atomic mass is 9.92. The van der Waals surface area contributed by atoms with Crippen LogP contribution >= 0.6 is 22.9 Å². The largest absolute Gasteiger partial charge is 0.338 e. The molecule has 0 saturated carbocycles. The zero-order valence-corrected chi connectivity index (χ0v) is 20.7. The molecule has 7 heteroatoms. The van der Waals surface area contributed by atoms with Gasteiger partial charge in [-0.15, -0.1) is 22.9 Å². The number of carbonyl (C=O) groups excluding carboxylic acids is 2. The second-order valence-electron chi connectivity index (χ2n) is 9.54. The van der Waals surface area contributed by atoms with Crippen LogP contribution in [-0.2, 0) is 16.0 Å². The molecule has 0 radical (unpaired) electrons. The van der Waals surface area contributed by atoms with Crippen LogP contribution in [0.3, 0.4) is 0 Å². The maximum atomic E-state index is 13.3. The minimum atomic E-state index is -0.586. The van der Waals surface area contributed by atoms with E-state index in [1.165, 1.54) is 16.0 Å². The van der Waals surface area contributed by atoms with Crippen molar-refractivity contribution in [3.63, 3.8) is 0 Å². The molecule has 1 fully saturated rings. The molecular weight excluding hydrogens is 442 g/mol. The quantitative estimate of drug-likeness (QED) is 0.616. The molecule has 32 heavy (non-hydrogen) atoms. The van der Waals surface area contributed by atoms with Crippen molar-refractivity contribution in [3.05, 3.63) is 57.8 Å². The van der Waals surface area contributed by atoms with Gasteiger partial charge in [-0.05, 0) is 49.8 Å². The van der Waals surface area contributed by atoms with Gasteiger partial charge in [-0.1, -0.05) is 30.3 Å². The summed E-state index contributed by atoms with van der Waals surface area (Å²) in [5.41, 5.74) is 1.97. The molecular formula is C25H32ClN3O2S. The summed E-state index contributed by atoms with van der Waals surface area (Å²) in [6.07, 6.45) is 0.982. The fraction of sp³-hybridized carbons (Fsp3) is 0.520. The van der Waals surface area contributed by atoms with Gasteiger partial charge in [0.2, 0.25) is 11.8 Å². The predicted molar refractivity (Wildman–Crippen MR) is 130 cm³/mol. The van der Waals surface area contributed by atoms with E-state index in [4.69, 9.17) is 11.6 Å². The normalized spacial score (nSPS) is 22.0. The lowest BCUT2D eigenvalue weighted by Crippen LogP contribution is -2.59. The molecule has 3 heterocycles. The van der Waals surface area contributed by atoms with Crippen molar-refractivity contribution in [2.24, 2.45) is 5.41 Å². The van der Waals surface area contributed by atoms with E-state index in [0.717, 1.165) is 13.0 Å². The van der Waals surface area contributed by atoms with Crippen LogP contribution in [0.2, 0.25) is 0 Å². The maximum absolute atomic E-state index is 13.3. The Morgan fingerprint density at radius 3 is 2.56 bits per heavy atom. The molecule has 2 atom stereocenters. The van der Waals surface area contributed by atoms with E-state index in [0.29, 0.717) is 26.2 Å². The summed E-state index contributed by atoms with van der Waals surface area (Å²) in [4.78, 5) is 33.8. The van der Waals surface area contributed by atoms with E-state index in [-0.39, 0.29) is 29.8 Å². The van der Waals surface area contributed by atoms with Crippen molar-refractivity contribution in [2.45, 2.75) is 39.3 Å². The molecule has 0 spiro atoms. The smallest absolute Gasteiger partial charge is 0.236 e. The summed E-state index contributed by atoms with van der Waals surface area (Å²) < 4.78 is 0. The van der Waals surface area contributed by atoms with Gasteiger partial charge in [-0.25, -0.2) is 0 Å². The van der Waals surface area contributed by atoms with E-state index in [1.807, 2.05) is 48.0 Å². The number of thiophene rings is 1. The minimum Gasteiger partial charge on any atom is -0.338 e. The summed E-state index contributed by atoms with van der Waals surface area (Å²) in [6.45, 7) is 8.74. The van der Waals surface area contributed by atoms with Crippen LogP contribution in [0.5, 0.6) is 0 Å². The Balaban J connectivity index is 1.45. The predicted octanol–water partition coefficient (Wildman–Crippen LogP) is 4.02. The zero-order chi connectivity index (χ0) is 22.9. The number of fused-ring (bicyclic) bond motifs is 1.